The Bertz CT molecular complexity index is 709. The van der Waals surface area contributed by atoms with E-state index in [1.54, 1.807) is 11.3 Å². The van der Waals surface area contributed by atoms with E-state index in [-0.39, 0.29) is 44.2 Å². The van der Waals surface area contributed by atoms with Gasteiger partial charge in [-0.05, 0) is 0 Å². The normalized spacial score (nSPS) is 16.6. The monoisotopic (exact) mass is 432 g/mol. The predicted molar refractivity (Wildman–Crippen MR) is 99.2 cm³/mol. The summed E-state index contributed by atoms with van der Waals surface area (Å²) in [4.78, 5) is 0. The minimum absolute atomic E-state index is 0. The molecule has 1 aromatic carbocycles. The van der Waals surface area contributed by atoms with E-state index in [0.717, 1.165) is 10.8 Å². The average molecular weight is 433 g/mol. The molecule has 0 aliphatic heterocycles. The van der Waals surface area contributed by atoms with Gasteiger partial charge in [0.1, 0.15) is 0 Å². The molecule has 1 atom stereocenters. The quantitative estimate of drug-likeness (QED) is 0.541. The molecule has 1 aromatic heterocycles. The number of fused-ring (bicyclic) bond motifs is 3. The summed E-state index contributed by atoms with van der Waals surface area (Å²) in [6.45, 7) is 15.6. The van der Waals surface area contributed by atoms with Gasteiger partial charge in [0.05, 0.1) is 0 Å². The summed E-state index contributed by atoms with van der Waals surface area (Å²) < 4.78 is 6.42. The van der Waals surface area contributed by atoms with Crippen LogP contribution in [0.15, 0.2) is 24.3 Å². The third-order valence-corrected chi connectivity index (χ3v) is 12.5. The molecule has 0 fully saturated rings. The van der Waals surface area contributed by atoms with Crippen LogP contribution >= 0.6 is 0 Å². The summed E-state index contributed by atoms with van der Waals surface area (Å²) in [5, 5.41) is 1.52. The van der Waals surface area contributed by atoms with Gasteiger partial charge in [-0.1, -0.05) is 0 Å². The largest absolute Gasteiger partial charge is 1.00 e. The maximum absolute atomic E-state index is 2.93. The van der Waals surface area contributed by atoms with Crippen LogP contribution < -0.4 is 24.8 Å². The van der Waals surface area contributed by atoms with E-state index in [1.165, 1.54) is 23.7 Å². The zero-order valence-corrected chi connectivity index (χ0v) is 20.5. The first kappa shape index (κ1) is 23.3. The minimum Gasteiger partial charge on any atom is -1.00 e. The van der Waals surface area contributed by atoms with Crippen molar-refractivity contribution >= 4 is 19.9 Å². The summed E-state index contributed by atoms with van der Waals surface area (Å²) in [7, 11) is -0.732. The summed E-state index contributed by atoms with van der Waals surface area (Å²) in [5.41, 5.74) is 5.11. The fourth-order valence-electron chi connectivity index (χ4n) is 4.21. The van der Waals surface area contributed by atoms with Gasteiger partial charge in [0.25, 0.3) is 0 Å². The van der Waals surface area contributed by atoms with Crippen molar-refractivity contribution in [3.8, 4) is 0 Å². The minimum atomic E-state index is -0.732. The summed E-state index contributed by atoms with van der Waals surface area (Å²) >= 11 is -0.0471. The molecule has 25 heavy (non-hydrogen) atoms. The Morgan fingerprint density at radius 2 is 1.80 bits per heavy atom. The molecule has 0 spiro atoms. The molecule has 2 nitrogen and oxygen atoms in total. The molecule has 0 saturated carbocycles. The van der Waals surface area contributed by atoms with Gasteiger partial charge in [0, 0.05) is 0 Å². The molecule has 138 valence electrons. The van der Waals surface area contributed by atoms with Gasteiger partial charge < -0.3 is 24.8 Å². The van der Waals surface area contributed by atoms with E-state index in [1.807, 2.05) is 0 Å². The average Bonchev–Trinajstić information content (AvgIpc) is 2.99. The molecular weight excluding hydrogens is 403 g/mol. The molecule has 1 aliphatic carbocycles. The van der Waals surface area contributed by atoms with E-state index in [4.69, 9.17) is 0 Å². The van der Waals surface area contributed by atoms with E-state index in [2.05, 4.69) is 72.7 Å². The van der Waals surface area contributed by atoms with Gasteiger partial charge in [0.15, 0.2) is 0 Å². The van der Waals surface area contributed by atoms with Crippen molar-refractivity contribution in [2.75, 3.05) is 0 Å². The van der Waals surface area contributed by atoms with Gasteiger partial charge in [-0.15, -0.1) is 0 Å². The van der Waals surface area contributed by atoms with E-state index < -0.39 is 8.96 Å². The first-order valence-electron chi connectivity index (χ1n) is 8.97. The van der Waals surface area contributed by atoms with Gasteiger partial charge in [-0.2, -0.15) is 0 Å². The zero-order chi connectivity index (χ0) is 16.8. The molecule has 1 unspecified atom stereocenters. The number of benzene rings is 1. The Kier molecular flexibility index (Phi) is 8.33. The van der Waals surface area contributed by atoms with Crippen LogP contribution in [0.4, 0.5) is 0 Å². The van der Waals surface area contributed by atoms with Crippen molar-refractivity contribution in [2.45, 2.75) is 69.9 Å². The van der Waals surface area contributed by atoms with Crippen molar-refractivity contribution in [3.63, 3.8) is 0 Å². The molecule has 0 radical (unpaired) electrons. The Hall–Kier alpha value is 0.231. The number of halogens is 2. The number of rotatable bonds is 4. The third-order valence-electron chi connectivity index (χ3n) is 4.96. The van der Waals surface area contributed by atoms with Crippen LogP contribution in [-0.4, -0.2) is 22.1 Å². The van der Waals surface area contributed by atoms with Crippen molar-refractivity contribution in [1.82, 2.24) is 7.61 Å². The molecule has 0 saturated heterocycles. The number of hydrogen-bond donors (Lipinski definition) is 0. The summed E-state index contributed by atoms with van der Waals surface area (Å²) in [5.74, 6) is 0. The van der Waals surface area contributed by atoms with Gasteiger partial charge in [-0.25, -0.2) is 0 Å². The van der Waals surface area contributed by atoms with Gasteiger partial charge >= 0.3 is 152 Å². The fraction of sp³-hybridized carbons (Fsp3) is 0.579. The smallest absolute Gasteiger partial charge is 1.00 e. The van der Waals surface area contributed by atoms with E-state index in [9.17, 15) is 0 Å². The standard InChI is InChI=1S/C13H14N.C6H16NSi.2ClH.Ti/c1-2-14-12-8-4-3-6-10(12)11-7-5-9-13(11)14;1-6(2,3)7-8(4)5;;;/h3-6,8H,2,7,9H2,1H3;8H,1-5H3;2*1H;/q;-1;;;+3/p-2. The van der Waals surface area contributed by atoms with Crippen LogP contribution in [0, 0.1) is 0 Å². The van der Waals surface area contributed by atoms with Crippen LogP contribution in [0.5, 0.6) is 0 Å². The second kappa shape index (κ2) is 8.95. The van der Waals surface area contributed by atoms with Crippen molar-refractivity contribution < 1.29 is 44.2 Å². The number of aryl methyl sites for hydroxylation is 1. The molecule has 2 aromatic rings. The number of nitrogens with zero attached hydrogens (tertiary/aromatic N) is 2. The molecule has 0 amide bonds. The first-order valence-corrected chi connectivity index (χ1v) is 13.4. The number of hydrogen-bond acceptors (Lipinski definition) is 1. The topological polar surface area (TPSA) is 8.17 Å². The first-order chi connectivity index (χ1) is 10.8. The van der Waals surface area contributed by atoms with E-state index >= 15 is 0 Å². The number of para-hydroxylation sites is 1. The second-order valence-electron chi connectivity index (χ2n) is 8.06. The predicted octanol–water partition coefficient (Wildman–Crippen LogP) is -1.36. The van der Waals surface area contributed by atoms with Crippen molar-refractivity contribution in [2.24, 2.45) is 0 Å². The maximum Gasteiger partial charge on any atom is -1.00 e. The van der Waals surface area contributed by atoms with Crippen LogP contribution in [0.25, 0.3) is 10.9 Å². The van der Waals surface area contributed by atoms with Gasteiger partial charge in [0.2, 0.25) is 0 Å². The maximum atomic E-state index is 2.93. The van der Waals surface area contributed by atoms with Crippen LogP contribution in [0.3, 0.4) is 0 Å². The third kappa shape index (κ3) is 4.56. The van der Waals surface area contributed by atoms with Crippen molar-refractivity contribution in [1.29, 1.82) is 0 Å². The Morgan fingerprint density at radius 1 is 1.16 bits per heavy atom. The van der Waals surface area contributed by atoms with Gasteiger partial charge in [-0.3, -0.25) is 0 Å². The van der Waals surface area contributed by atoms with Crippen LogP contribution in [0.1, 0.15) is 39.0 Å². The van der Waals surface area contributed by atoms with E-state index in [0.29, 0.717) is 5.54 Å². The molecule has 1 aliphatic rings. The van der Waals surface area contributed by atoms with Crippen LogP contribution in [0.2, 0.25) is 17.3 Å². The fourth-order valence-corrected chi connectivity index (χ4v) is 10.4. The van der Waals surface area contributed by atoms with Crippen LogP contribution in [-0.2, 0) is 38.8 Å². The number of aromatic nitrogens is 1. The SMILES string of the molecule is CCn1c2c(c3ccccc31)C[CH]([Ti+2][N]([SiH](C)C)C(C)(C)C)C2.[Cl-].[Cl-]. The Balaban J connectivity index is 0.00000156. The van der Waals surface area contributed by atoms with Crippen molar-refractivity contribution in [3.05, 3.63) is 35.5 Å². The molecule has 0 bridgehead atoms. The molecule has 0 N–H and O–H groups in total. The Morgan fingerprint density at radius 3 is 2.36 bits per heavy atom. The molecular formula is C19H30Cl2N2SiTi. The zero-order valence-electron chi connectivity index (χ0n) is 16.2. The summed E-state index contributed by atoms with van der Waals surface area (Å²) in [6, 6.07) is 9.02. The molecule has 6 heteroatoms. The second-order valence-corrected chi connectivity index (χ2v) is 14.0. The molecule has 1 heterocycles. The Labute approximate surface area is 176 Å². The molecule has 3 rings (SSSR count). The summed E-state index contributed by atoms with van der Waals surface area (Å²) in [6.07, 6.45) is 2.63.